The summed E-state index contributed by atoms with van der Waals surface area (Å²) in [6.45, 7) is 0. The maximum atomic E-state index is 11.9. The molecule has 0 radical (unpaired) electrons. The van der Waals surface area contributed by atoms with Gasteiger partial charge in [0.1, 0.15) is 0 Å². The van der Waals surface area contributed by atoms with Gasteiger partial charge in [-0.15, -0.1) is 0 Å². The average Bonchev–Trinajstić information content (AvgIpc) is 2.46. The molecular formula is C14H12N2O3. The Morgan fingerprint density at radius 2 is 1.42 bits per heavy atom. The van der Waals surface area contributed by atoms with Crippen molar-refractivity contribution in [1.29, 1.82) is 0 Å². The summed E-state index contributed by atoms with van der Waals surface area (Å²) < 4.78 is 0. The van der Waals surface area contributed by atoms with Crippen LogP contribution >= 0.6 is 0 Å². The Balaban J connectivity index is 2.10. The Labute approximate surface area is 109 Å². The van der Waals surface area contributed by atoms with E-state index in [1.807, 2.05) is 18.2 Å². The van der Waals surface area contributed by atoms with Gasteiger partial charge in [-0.2, -0.15) is 0 Å². The molecule has 0 atom stereocenters. The first-order valence-electron chi connectivity index (χ1n) is 5.62. The lowest BCUT2D eigenvalue weighted by molar-refractivity contribution is 0.0691. The van der Waals surface area contributed by atoms with Crippen molar-refractivity contribution in [2.45, 2.75) is 0 Å². The Hall–Kier alpha value is -2.82. The van der Waals surface area contributed by atoms with Gasteiger partial charge in [-0.05, 0) is 24.3 Å². The van der Waals surface area contributed by atoms with E-state index in [4.69, 9.17) is 5.11 Å². The molecule has 2 aromatic rings. The van der Waals surface area contributed by atoms with Gasteiger partial charge in [-0.1, -0.05) is 30.3 Å². The second kappa shape index (κ2) is 5.68. The maximum Gasteiger partial charge on any atom is 0.336 e. The van der Waals surface area contributed by atoms with Crippen LogP contribution in [0.5, 0.6) is 0 Å². The van der Waals surface area contributed by atoms with Crippen LogP contribution in [0.3, 0.4) is 0 Å². The minimum atomic E-state index is -1.13. The molecular weight excluding hydrogens is 244 g/mol. The fourth-order valence-electron chi connectivity index (χ4n) is 1.59. The van der Waals surface area contributed by atoms with Crippen LogP contribution in [0, 0.1) is 0 Å². The van der Waals surface area contributed by atoms with E-state index >= 15 is 0 Å². The predicted molar refractivity (Wildman–Crippen MR) is 70.9 cm³/mol. The number of hydrogen-bond donors (Lipinski definition) is 3. The first-order chi connectivity index (χ1) is 9.18. The molecule has 5 nitrogen and oxygen atoms in total. The van der Waals surface area contributed by atoms with Gasteiger partial charge in [0.2, 0.25) is 0 Å². The summed E-state index contributed by atoms with van der Waals surface area (Å²) >= 11 is 0. The monoisotopic (exact) mass is 256 g/mol. The Bertz CT molecular complexity index is 597. The van der Waals surface area contributed by atoms with Crippen molar-refractivity contribution in [3.05, 3.63) is 65.7 Å². The zero-order valence-electron chi connectivity index (χ0n) is 9.96. The Morgan fingerprint density at radius 1 is 0.842 bits per heavy atom. The van der Waals surface area contributed by atoms with E-state index in [-0.39, 0.29) is 11.1 Å². The summed E-state index contributed by atoms with van der Waals surface area (Å²) in [4.78, 5) is 22.9. The number of carboxylic acid groups (broad SMARTS) is 1. The summed E-state index contributed by atoms with van der Waals surface area (Å²) in [7, 11) is 0. The minimum absolute atomic E-state index is 0.0325. The molecule has 96 valence electrons. The molecule has 0 saturated heterocycles. The predicted octanol–water partition coefficient (Wildman–Crippen LogP) is 2.14. The molecule has 0 bridgehead atoms. The number of nitrogens with one attached hydrogen (secondary N) is 2. The molecule has 2 rings (SSSR count). The zero-order chi connectivity index (χ0) is 13.7. The van der Waals surface area contributed by atoms with Crippen LogP contribution in [-0.2, 0) is 0 Å². The normalized spacial score (nSPS) is 9.68. The lowest BCUT2D eigenvalue weighted by Gasteiger charge is -2.09. The largest absolute Gasteiger partial charge is 0.478 e. The second-order valence-corrected chi connectivity index (χ2v) is 3.80. The molecule has 0 heterocycles. The van der Waals surface area contributed by atoms with Crippen LogP contribution in [0.15, 0.2) is 54.6 Å². The highest BCUT2D eigenvalue weighted by Gasteiger charge is 2.15. The number of hydrogen-bond acceptors (Lipinski definition) is 3. The Kier molecular flexibility index (Phi) is 3.78. The number of para-hydroxylation sites is 1. The first kappa shape index (κ1) is 12.6. The number of benzene rings is 2. The van der Waals surface area contributed by atoms with Gasteiger partial charge in [-0.3, -0.25) is 15.6 Å². The molecule has 0 spiro atoms. The van der Waals surface area contributed by atoms with Gasteiger partial charge in [0.15, 0.2) is 0 Å². The van der Waals surface area contributed by atoms with Crippen molar-refractivity contribution in [3.8, 4) is 0 Å². The number of rotatable bonds is 4. The molecule has 0 aromatic heterocycles. The molecule has 1 amide bonds. The van der Waals surface area contributed by atoms with Crippen molar-refractivity contribution < 1.29 is 14.7 Å². The van der Waals surface area contributed by atoms with Gasteiger partial charge >= 0.3 is 5.97 Å². The van der Waals surface area contributed by atoms with Gasteiger partial charge in [0.25, 0.3) is 5.91 Å². The fraction of sp³-hybridized carbons (Fsp3) is 0. The van der Waals surface area contributed by atoms with Gasteiger partial charge in [0.05, 0.1) is 16.8 Å². The minimum Gasteiger partial charge on any atom is -0.478 e. The third kappa shape index (κ3) is 3.10. The van der Waals surface area contributed by atoms with E-state index in [1.165, 1.54) is 12.1 Å². The van der Waals surface area contributed by atoms with E-state index in [1.54, 1.807) is 24.3 Å². The molecule has 0 aliphatic carbocycles. The number of aromatic carboxylic acids is 1. The van der Waals surface area contributed by atoms with Crippen molar-refractivity contribution in [1.82, 2.24) is 5.43 Å². The van der Waals surface area contributed by atoms with Crippen molar-refractivity contribution in [3.63, 3.8) is 0 Å². The summed E-state index contributed by atoms with van der Waals surface area (Å²) in [5.41, 5.74) is 5.96. The quantitative estimate of drug-likeness (QED) is 0.732. The third-order valence-corrected chi connectivity index (χ3v) is 2.50. The van der Waals surface area contributed by atoms with E-state index in [9.17, 15) is 9.59 Å². The van der Waals surface area contributed by atoms with Crippen LogP contribution < -0.4 is 10.9 Å². The van der Waals surface area contributed by atoms with Crippen LogP contribution in [0.25, 0.3) is 0 Å². The van der Waals surface area contributed by atoms with E-state index in [0.29, 0.717) is 5.69 Å². The fourth-order valence-corrected chi connectivity index (χ4v) is 1.59. The molecule has 19 heavy (non-hydrogen) atoms. The maximum absolute atomic E-state index is 11.9. The number of anilines is 1. The molecule has 0 saturated carbocycles. The lowest BCUT2D eigenvalue weighted by Crippen LogP contribution is -2.30. The highest BCUT2D eigenvalue weighted by Crippen LogP contribution is 2.09. The van der Waals surface area contributed by atoms with Gasteiger partial charge < -0.3 is 5.11 Å². The molecule has 0 aliphatic rings. The first-order valence-corrected chi connectivity index (χ1v) is 5.62. The smallest absolute Gasteiger partial charge is 0.336 e. The summed E-state index contributed by atoms with van der Waals surface area (Å²) in [6.07, 6.45) is 0. The van der Waals surface area contributed by atoms with Crippen molar-refractivity contribution in [2.75, 3.05) is 5.43 Å². The molecule has 5 heteroatoms. The van der Waals surface area contributed by atoms with Crippen LogP contribution in [0.2, 0.25) is 0 Å². The SMILES string of the molecule is O=C(O)c1ccccc1C(=O)NNc1ccccc1. The number of carbonyl (C=O) groups is 2. The molecule has 2 aromatic carbocycles. The summed E-state index contributed by atoms with van der Waals surface area (Å²) in [5.74, 6) is -1.63. The third-order valence-electron chi connectivity index (χ3n) is 2.50. The van der Waals surface area contributed by atoms with E-state index < -0.39 is 11.9 Å². The van der Waals surface area contributed by atoms with Crippen LogP contribution in [-0.4, -0.2) is 17.0 Å². The topological polar surface area (TPSA) is 78.4 Å². The van der Waals surface area contributed by atoms with Gasteiger partial charge in [0, 0.05) is 0 Å². The van der Waals surface area contributed by atoms with Gasteiger partial charge in [-0.25, -0.2) is 4.79 Å². The lowest BCUT2D eigenvalue weighted by atomic mass is 10.1. The van der Waals surface area contributed by atoms with E-state index in [0.717, 1.165) is 0 Å². The van der Waals surface area contributed by atoms with Crippen LogP contribution in [0.4, 0.5) is 5.69 Å². The second-order valence-electron chi connectivity index (χ2n) is 3.80. The zero-order valence-corrected chi connectivity index (χ0v) is 9.96. The Morgan fingerprint density at radius 3 is 2.05 bits per heavy atom. The van der Waals surface area contributed by atoms with Crippen molar-refractivity contribution >= 4 is 17.6 Å². The molecule has 0 unspecified atom stereocenters. The number of carboxylic acids is 1. The number of amides is 1. The average molecular weight is 256 g/mol. The highest BCUT2D eigenvalue weighted by molar-refractivity contribution is 6.05. The van der Waals surface area contributed by atoms with Crippen LogP contribution in [0.1, 0.15) is 20.7 Å². The van der Waals surface area contributed by atoms with E-state index in [2.05, 4.69) is 10.9 Å². The number of hydrazine groups is 1. The summed E-state index contributed by atoms with van der Waals surface area (Å²) in [5, 5.41) is 9.00. The van der Waals surface area contributed by atoms with Crippen molar-refractivity contribution in [2.24, 2.45) is 0 Å². The molecule has 0 fully saturated rings. The highest BCUT2D eigenvalue weighted by atomic mass is 16.4. The summed E-state index contributed by atoms with van der Waals surface area (Å²) in [6, 6.07) is 15.1. The number of carbonyl (C=O) groups excluding carboxylic acids is 1. The molecule has 3 N–H and O–H groups in total. The standard InChI is InChI=1S/C14H12N2O3/c17-13(16-15-10-6-2-1-3-7-10)11-8-4-5-9-12(11)14(18)19/h1-9,15H,(H,16,17)(H,18,19). The molecule has 0 aliphatic heterocycles.